The summed E-state index contributed by atoms with van der Waals surface area (Å²) in [6.07, 6.45) is 2.05. The highest BCUT2D eigenvalue weighted by molar-refractivity contribution is 5.98. The van der Waals surface area contributed by atoms with Gasteiger partial charge in [0.05, 0.1) is 12.3 Å². The average molecular weight is 288 g/mol. The summed E-state index contributed by atoms with van der Waals surface area (Å²) >= 11 is 0. The maximum atomic E-state index is 12.2. The lowest BCUT2D eigenvalue weighted by Crippen LogP contribution is -2.51. The summed E-state index contributed by atoms with van der Waals surface area (Å²) in [5.74, 6) is -0.227. The molecule has 3 rings (SSSR count). The van der Waals surface area contributed by atoms with Crippen molar-refractivity contribution in [1.82, 2.24) is 20.2 Å². The summed E-state index contributed by atoms with van der Waals surface area (Å²) in [5.41, 5.74) is 7.56. The number of carbonyl (C=O) groups is 1. The highest BCUT2D eigenvalue weighted by Crippen LogP contribution is 2.21. The fraction of sp³-hybridized carbons (Fsp3) is 0.385. The first-order chi connectivity index (χ1) is 10.1. The van der Waals surface area contributed by atoms with Gasteiger partial charge in [0.25, 0.3) is 0 Å². The normalized spacial score (nSPS) is 21.4. The van der Waals surface area contributed by atoms with Crippen LogP contribution in [0.25, 0.3) is 5.69 Å². The first-order valence-corrected chi connectivity index (χ1v) is 6.61. The standard InChI is InChI=1S/C13H16N6O2/c1-9-6-10(2-3-11(9)19-8-15-17-18-19)16-12(20)13(14)4-5-21-7-13/h2-3,6,8H,4-5,7,14H2,1H3,(H,16,20). The number of benzene rings is 1. The van der Waals surface area contributed by atoms with Crippen molar-refractivity contribution >= 4 is 11.6 Å². The molecule has 1 saturated heterocycles. The second-order valence-corrected chi connectivity index (χ2v) is 5.17. The van der Waals surface area contributed by atoms with E-state index in [0.717, 1.165) is 11.3 Å². The van der Waals surface area contributed by atoms with Crippen LogP contribution in [-0.2, 0) is 9.53 Å². The number of aromatic nitrogens is 4. The Hall–Kier alpha value is -2.32. The molecule has 8 nitrogen and oxygen atoms in total. The summed E-state index contributed by atoms with van der Waals surface area (Å²) in [6, 6.07) is 5.49. The summed E-state index contributed by atoms with van der Waals surface area (Å²) in [7, 11) is 0. The van der Waals surface area contributed by atoms with Gasteiger partial charge >= 0.3 is 0 Å². The number of hydrogen-bond acceptors (Lipinski definition) is 6. The molecule has 1 fully saturated rings. The summed E-state index contributed by atoms with van der Waals surface area (Å²) in [4.78, 5) is 12.2. The van der Waals surface area contributed by atoms with Gasteiger partial charge in [0.2, 0.25) is 5.91 Å². The molecule has 1 aliphatic heterocycles. The Morgan fingerprint density at radius 3 is 3.00 bits per heavy atom. The molecule has 2 heterocycles. The third-order valence-electron chi connectivity index (χ3n) is 3.55. The molecule has 0 saturated carbocycles. The number of nitrogens with zero attached hydrogens (tertiary/aromatic N) is 4. The summed E-state index contributed by atoms with van der Waals surface area (Å²) < 4.78 is 6.77. The molecule has 2 aromatic rings. The molecule has 21 heavy (non-hydrogen) atoms. The molecule has 0 radical (unpaired) electrons. The third kappa shape index (κ3) is 2.63. The van der Waals surface area contributed by atoms with E-state index in [2.05, 4.69) is 20.8 Å². The Labute approximate surface area is 121 Å². The number of nitrogens with one attached hydrogen (secondary N) is 1. The fourth-order valence-electron chi connectivity index (χ4n) is 2.28. The average Bonchev–Trinajstić information content (AvgIpc) is 3.11. The van der Waals surface area contributed by atoms with E-state index in [0.29, 0.717) is 18.7 Å². The molecule has 0 aliphatic carbocycles. The van der Waals surface area contributed by atoms with E-state index in [1.54, 1.807) is 10.7 Å². The van der Waals surface area contributed by atoms with Gasteiger partial charge in [-0.2, -0.15) is 0 Å². The van der Waals surface area contributed by atoms with Crippen molar-refractivity contribution in [2.45, 2.75) is 18.9 Å². The molecule has 3 N–H and O–H groups in total. The number of nitrogens with two attached hydrogens (primary N) is 1. The number of rotatable bonds is 3. The van der Waals surface area contributed by atoms with Gasteiger partial charge in [0.15, 0.2) is 0 Å². The van der Waals surface area contributed by atoms with Crippen molar-refractivity contribution in [2.75, 3.05) is 18.5 Å². The molecule has 0 spiro atoms. The minimum atomic E-state index is -0.942. The lowest BCUT2D eigenvalue weighted by atomic mass is 9.99. The lowest BCUT2D eigenvalue weighted by Gasteiger charge is -2.21. The Balaban J connectivity index is 1.78. The minimum absolute atomic E-state index is 0.227. The predicted molar refractivity (Wildman–Crippen MR) is 74.9 cm³/mol. The van der Waals surface area contributed by atoms with E-state index in [4.69, 9.17) is 10.5 Å². The quantitative estimate of drug-likeness (QED) is 0.824. The Morgan fingerprint density at radius 2 is 2.38 bits per heavy atom. The van der Waals surface area contributed by atoms with Gasteiger partial charge in [-0.3, -0.25) is 4.79 Å². The van der Waals surface area contributed by atoms with Crippen molar-refractivity contribution in [1.29, 1.82) is 0 Å². The van der Waals surface area contributed by atoms with Crippen molar-refractivity contribution in [3.05, 3.63) is 30.1 Å². The van der Waals surface area contributed by atoms with Crippen LogP contribution in [0.5, 0.6) is 0 Å². The van der Waals surface area contributed by atoms with Crippen LogP contribution >= 0.6 is 0 Å². The van der Waals surface area contributed by atoms with E-state index >= 15 is 0 Å². The molecule has 1 unspecified atom stereocenters. The zero-order chi connectivity index (χ0) is 14.9. The molecule has 0 bridgehead atoms. The lowest BCUT2D eigenvalue weighted by molar-refractivity contribution is -0.121. The maximum Gasteiger partial charge on any atom is 0.246 e. The molecule has 1 aromatic carbocycles. The number of carbonyl (C=O) groups excluding carboxylic acids is 1. The smallest absolute Gasteiger partial charge is 0.246 e. The molecule has 1 aromatic heterocycles. The summed E-state index contributed by atoms with van der Waals surface area (Å²) in [6.45, 7) is 2.69. The van der Waals surface area contributed by atoms with Crippen molar-refractivity contribution < 1.29 is 9.53 Å². The van der Waals surface area contributed by atoms with Crippen LogP contribution in [-0.4, -0.2) is 44.9 Å². The fourth-order valence-corrected chi connectivity index (χ4v) is 2.28. The van der Waals surface area contributed by atoms with Crippen LogP contribution in [0.15, 0.2) is 24.5 Å². The number of anilines is 1. The van der Waals surface area contributed by atoms with Crippen molar-refractivity contribution in [3.8, 4) is 5.69 Å². The van der Waals surface area contributed by atoms with Gasteiger partial charge in [-0.05, 0) is 47.5 Å². The van der Waals surface area contributed by atoms with E-state index < -0.39 is 5.54 Å². The van der Waals surface area contributed by atoms with Crippen LogP contribution in [0.2, 0.25) is 0 Å². The number of hydrogen-bond donors (Lipinski definition) is 2. The van der Waals surface area contributed by atoms with E-state index in [-0.39, 0.29) is 12.5 Å². The van der Waals surface area contributed by atoms with Gasteiger partial charge in [-0.25, -0.2) is 4.68 Å². The van der Waals surface area contributed by atoms with Crippen molar-refractivity contribution in [3.63, 3.8) is 0 Å². The van der Waals surface area contributed by atoms with Crippen LogP contribution < -0.4 is 11.1 Å². The largest absolute Gasteiger partial charge is 0.379 e. The zero-order valence-corrected chi connectivity index (χ0v) is 11.6. The highest BCUT2D eigenvalue weighted by Gasteiger charge is 2.38. The number of ether oxygens (including phenoxy) is 1. The maximum absolute atomic E-state index is 12.2. The molecule has 8 heteroatoms. The Morgan fingerprint density at radius 1 is 1.52 bits per heavy atom. The topological polar surface area (TPSA) is 108 Å². The van der Waals surface area contributed by atoms with E-state index in [1.807, 2.05) is 19.1 Å². The molecular formula is C13H16N6O2. The third-order valence-corrected chi connectivity index (χ3v) is 3.55. The molecule has 1 aliphatic rings. The van der Waals surface area contributed by atoms with E-state index in [1.165, 1.54) is 6.33 Å². The van der Waals surface area contributed by atoms with Gasteiger partial charge < -0.3 is 15.8 Å². The van der Waals surface area contributed by atoms with Gasteiger partial charge in [0.1, 0.15) is 11.9 Å². The van der Waals surface area contributed by atoms with Gasteiger partial charge in [0, 0.05) is 12.3 Å². The van der Waals surface area contributed by atoms with Gasteiger partial charge in [-0.15, -0.1) is 5.10 Å². The van der Waals surface area contributed by atoms with Gasteiger partial charge in [-0.1, -0.05) is 0 Å². The number of amides is 1. The Bertz CT molecular complexity index is 649. The van der Waals surface area contributed by atoms with Crippen LogP contribution in [0, 0.1) is 6.92 Å². The van der Waals surface area contributed by atoms with Crippen LogP contribution in [0.4, 0.5) is 5.69 Å². The number of tetrazole rings is 1. The van der Waals surface area contributed by atoms with Crippen LogP contribution in [0.1, 0.15) is 12.0 Å². The molecule has 110 valence electrons. The monoisotopic (exact) mass is 288 g/mol. The molecule has 1 atom stereocenters. The Kier molecular flexibility index (Phi) is 3.40. The SMILES string of the molecule is Cc1cc(NC(=O)C2(N)CCOC2)ccc1-n1cnnn1. The summed E-state index contributed by atoms with van der Waals surface area (Å²) in [5, 5.41) is 13.9. The molecule has 1 amide bonds. The highest BCUT2D eigenvalue weighted by atomic mass is 16.5. The predicted octanol–water partition coefficient (Wildman–Crippen LogP) is 0.0270. The van der Waals surface area contributed by atoms with Crippen LogP contribution in [0.3, 0.4) is 0 Å². The second kappa shape index (κ2) is 5.23. The number of aryl methyl sites for hydroxylation is 1. The first kappa shape index (κ1) is 13.7. The molecular weight excluding hydrogens is 272 g/mol. The van der Waals surface area contributed by atoms with E-state index in [9.17, 15) is 4.79 Å². The zero-order valence-electron chi connectivity index (χ0n) is 11.6. The minimum Gasteiger partial charge on any atom is -0.379 e. The first-order valence-electron chi connectivity index (χ1n) is 6.61. The second-order valence-electron chi connectivity index (χ2n) is 5.17. The van der Waals surface area contributed by atoms with Crippen molar-refractivity contribution in [2.24, 2.45) is 5.73 Å².